The molecule has 0 heterocycles. The van der Waals surface area contributed by atoms with Crippen LogP contribution in [0, 0.1) is 0 Å². The molecule has 0 radical (unpaired) electrons. The molecule has 106 valence electrons. The topological polar surface area (TPSA) is 83.5 Å². The van der Waals surface area contributed by atoms with Gasteiger partial charge in [-0.15, -0.1) is 0 Å². The van der Waals surface area contributed by atoms with E-state index in [0.29, 0.717) is 5.56 Å². The number of benzene rings is 1. The van der Waals surface area contributed by atoms with Crippen molar-refractivity contribution in [3.63, 3.8) is 0 Å². The van der Waals surface area contributed by atoms with Crippen LogP contribution in [0.2, 0.25) is 0 Å². The zero-order valence-electron chi connectivity index (χ0n) is 9.44. The number of carboxylic acid groups (broad SMARTS) is 1. The normalized spacial score (nSPS) is 12.4. The molecule has 9 heteroatoms. The Morgan fingerprint density at radius 1 is 1.21 bits per heavy atom. The Labute approximate surface area is 107 Å². The highest BCUT2D eigenvalue weighted by Crippen LogP contribution is 2.21. The molecule has 0 unspecified atom stereocenters. The van der Waals surface area contributed by atoms with Crippen LogP contribution in [0.3, 0.4) is 0 Å². The first-order valence-corrected chi connectivity index (χ1v) is 6.50. The van der Waals surface area contributed by atoms with Gasteiger partial charge in [-0.3, -0.25) is 0 Å². The zero-order chi connectivity index (χ0) is 14.7. The second-order valence-electron chi connectivity index (χ2n) is 3.60. The molecule has 1 aromatic rings. The fraction of sp³-hybridized carbons (Fsp3) is 0.300. The minimum Gasteiger partial charge on any atom is -0.478 e. The zero-order valence-corrected chi connectivity index (χ0v) is 10.3. The molecule has 2 N–H and O–H groups in total. The van der Waals surface area contributed by atoms with Crippen LogP contribution in [0.1, 0.15) is 15.9 Å². The fourth-order valence-electron chi connectivity index (χ4n) is 1.23. The van der Waals surface area contributed by atoms with Crippen molar-refractivity contribution in [1.82, 2.24) is 4.72 Å². The molecular formula is C10H10F3NO4S. The molecule has 0 spiro atoms. The van der Waals surface area contributed by atoms with Crippen LogP contribution >= 0.6 is 0 Å². The summed E-state index contributed by atoms with van der Waals surface area (Å²) in [7, 11) is -5.33. The average Bonchev–Trinajstić information content (AvgIpc) is 2.28. The third-order valence-corrected chi connectivity index (χ3v) is 3.40. The fourth-order valence-corrected chi connectivity index (χ4v) is 1.76. The van der Waals surface area contributed by atoms with Crippen molar-refractivity contribution >= 4 is 16.0 Å². The Bertz CT molecular complexity index is 551. The summed E-state index contributed by atoms with van der Waals surface area (Å²) >= 11 is 0. The standard InChI is InChI=1S/C10H10F3NO4S/c11-10(12,13)19(17,18)14-6-5-7-1-3-8(4-2-7)9(15)16/h1-4,14H,5-6H2,(H,15,16). The molecule has 1 aromatic carbocycles. The van der Waals surface area contributed by atoms with Gasteiger partial charge in [0.05, 0.1) is 5.56 Å². The lowest BCUT2D eigenvalue weighted by Crippen LogP contribution is -2.37. The molecule has 0 saturated heterocycles. The Kier molecular flexibility index (Phi) is 4.53. The molecule has 0 saturated carbocycles. The number of nitrogens with one attached hydrogen (secondary N) is 1. The van der Waals surface area contributed by atoms with E-state index in [9.17, 15) is 26.4 Å². The maximum atomic E-state index is 12.0. The molecule has 0 fully saturated rings. The molecule has 1 rings (SSSR count). The lowest BCUT2D eigenvalue weighted by atomic mass is 10.1. The lowest BCUT2D eigenvalue weighted by Gasteiger charge is -2.09. The summed E-state index contributed by atoms with van der Waals surface area (Å²) in [4.78, 5) is 10.6. The van der Waals surface area contributed by atoms with Crippen molar-refractivity contribution in [2.75, 3.05) is 6.54 Å². The van der Waals surface area contributed by atoms with Crippen molar-refractivity contribution in [2.45, 2.75) is 11.9 Å². The van der Waals surface area contributed by atoms with Crippen molar-refractivity contribution < 1.29 is 31.5 Å². The third-order valence-electron chi connectivity index (χ3n) is 2.21. The van der Waals surface area contributed by atoms with E-state index in [4.69, 9.17) is 5.11 Å². The van der Waals surface area contributed by atoms with Gasteiger partial charge >= 0.3 is 21.5 Å². The monoisotopic (exact) mass is 297 g/mol. The summed E-state index contributed by atoms with van der Waals surface area (Å²) in [5.74, 6) is -1.12. The number of hydrogen-bond donors (Lipinski definition) is 2. The van der Waals surface area contributed by atoms with Gasteiger partial charge in [0.25, 0.3) is 0 Å². The molecule has 19 heavy (non-hydrogen) atoms. The Morgan fingerprint density at radius 3 is 2.16 bits per heavy atom. The maximum Gasteiger partial charge on any atom is 0.511 e. The molecule has 0 bridgehead atoms. The Morgan fingerprint density at radius 2 is 1.74 bits per heavy atom. The lowest BCUT2D eigenvalue weighted by molar-refractivity contribution is -0.0447. The number of alkyl halides is 3. The summed E-state index contributed by atoms with van der Waals surface area (Å²) in [5, 5.41) is 8.63. The summed E-state index contributed by atoms with van der Waals surface area (Å²) in [5.41, 5.74) is -4.77. The number of carbonyl (C=O) groups is 1. The van der Waals surface area contributed by atoms with Crippen LogP contribution in [0.5, 0.6) is 0 Å². The number of carboxylic acids is 1. The Balaban J connectivity index is 2.57. The van der Waals surface area contributed by atoms with E-state index in [1.807, 2.05) is 0 Å². The number of hydrogen-bond acceptors (Lipinski definition) is 3. The number of halogens is 3. The summed E-state index contributed by atoms with van der Waals surface area (Å²) in [6, 6.07) is 5.39. The largest absolute Gasteiger partial charge is 0.511 e. The summed E-state index contributed by atoms with van der Waals surface area (Å²) < 4.78 is 58.7. The van der Waals surface area contributed by atoms with Crippen molar-refractivity contribution in [3.05, 3.63) is 35.4 Å². The molecule has 0 aliphatic rings. The number of rotatable bonds is 5. The van der Waals surface area contributed by atoms with Gasteiger partial charge in [-0.05, 0) is 24.1 Å². The van der Waals surface area contributed by atoms with Gasteiger partial charge in [-0.25, -0.2) is 17.9 Å². The van der Waals surface area contributed by atoms with Crippen LogP contribution in [0.15, 0.2) is 24.3 Å². The van der Waals surface area contributed by atoms with Crippen LogP contribution in [-0.4, -0.2) is 31.5 Å². The predicted molar refractivity (Wildman–Crippen MR) is 60.1 cm³/mol. The second-order valence-corrected chi connectivity index (χ2v) is 5.35. The molecule has 5 nitrogen and oxygen atoms in total. The van der Waals surface area contributed by atoms with E-state index >= 15 is 0 Å². The molecule has 0 atom stereocenters. The third kappa shape index (κ3) is 4.21. The van der Waals surface area contributed by atoms with E-state index in [0.717, 1.165) is 0 Å². The van der Waals surface area contributed by atoms with E-state index in [-0.39, 0.29) is 12.0 Å². The SMILES string of the molecule is O=C(O)c1ccc(CCNS(=O)(=O)C(F)(F)F)cc1. The Hall–Kier alpha value is -1.61. The van der Waals surface area contributed by atoms with Crippen molar-refractivity contribution in [1.29, 1.82) is 0 Å². The number of sulfonamides is 1. The first-order valence-electron chi connectivity index (χ1n) is 5.01. The average molecular weight is 297 g/mol. The van der Waals surface area contributed by atoms with Gasteiger partial charge in [0.15, 0.2) is 0 Å². The van der Waals surface area contributed by atoms with Gasteiger partial charge in [0.2, 0.25) is 0 Å². The molecule has 0 aliphatic carbocycles. The van der Waals surface area contributed by atoms with Gasteiger partial charge < -0.3 is 5.11 Å². The van der Waals surface area contributed by atoms with Crippen molar-refractivity contribution in [3.8, 4) is 0 Å². The highest BCUT2D eigenvalue weighted by atomic mass is 32.2. The minimum absolute atomic E-state index is 0.0230. The number of aromatic carboxylic acids is 1. The predicted octanol–water partition coefficient (Wildman–Crippen LogP) is 1.37. The second kappa shape index (κ2) is 5.57. The van der Waals surface area contributed by atoms with Gasteiger partial charge in [0, 0.05) is 6.54 Å². The molecule has 0 aliphatic heterocycles. The van der Waals surface area contributed by atoms with E-state index < -0.39 is 28.0 Å². The highest BCUT2D eigenvalue weighted by molar-refractivity contribution is 7.90. The van der Waals surface area contributed by atoms with Crippen LogP contribution in [0.4, 0.5) is 13.2 Å². The molecule has 0 aromatic heterocycles. The first kappa shape index (κ1) is 15.4. The molecular weight excluding hydrogens is 287 g/mol. The van der Waals surface area contributed by atoms with E-state index in [1.165, 1.54) is 29.0 Å². The highest BCUT2D eigenvalue weighted by Gasteiger charge is 2.45. The van der Waals surface area contributed by atoms with Gasteiger partial charge in [0.1, 0.15) is 0 Å². The maximum absolute atomic E-state index is 12.0. The van der Waals surface area contributed by atoms with Gasteiger partial charge in [-0.1, -0.05) is 12.1 Å². The minimum atomic E-state index is -5.33. The van der Waals surface area contributed by atoms with Crippen LogP contribution in [0.25, 0.3) is 0 Å². The van der Waals surface area contributed by atoms with Crippen molar-refractivity contribution in [2.24, 2.45) is 0 Å². The van der Waals surface area contributed by atoms with Crippen LogP contribution in [-0.2, 0) is 16.4 Å². The molecule has 0 amide bonds. The van der Waals surface area contributed by atoms with E-state index in [1.54, 1.807) is 0 Å². The summed E-state index contributed by atoms with van der Waals surface area (Å²) in [6.45, 7) is -0.422. The smallest absolute Gasteiger partial charge is 0.478 e. The first-order chi connectivity index (χ1) is 8.63. The van der Waals surface area contributed by atoms with Gasteiger partial charge in [-0.2, -0.15) is 13.2 Å². The van der Waals surface area contributed by atoms with E-state index in [2.05, 4.69) is 0 Å². The summed E-state index contributed by atoms with van der Waals surface area (Å²) in [6.07, 6.45) is 0.0230. The van der Waals surface area contributed by atoms with Crippen LogP contribution < -0.4 is 4.72 Å². The quantitative estimate of drug-likeness (QED) is 0.859.